The lowest BCUT2D eigenvalue weighted by molar-refractivity contribution is -0.136. The van der Waals surface area contributed by atoms with Crippen molar-refractivity contribution in [1.29, 1.82) is 0 Å². The summed E-state index contributed by atoms with van der Waals surface area (Å²) in [4.78, 5) is 23.7. The minimum Gasteiger partial charge on any atom is -0.493 e. The van der Waals surface area contributed by atoms with E-state index in [-0.39, 0.29) is 6.42 Å². The Morgan fingerprint density at radius 3 is 2.54 bits per heavy atom. The maximum Gasteiger partial charge on any atom is 0.307 e. The van der Waals surface area contributed by atoms with Crippen LogP contribution in [0.1, 0.15) is 51.3 Å². The van der Waals surface area contributed by atoms with Crippen molar-refractivity contribution in [3.63, 3.8) is 0 Å². The number of hydrogen-bond donors (Lipinski definition) is 2. The van der Waals surface area contributed by atoms with Crippen molar-refractivity contribution in [2.45, 2.75) is 60.0 Å². The van der Waals surface area contributed by atoms with Crippen molar-refractivity contribution in [3.8, 4) is 16.9 Å². The fraction of sp³-hybridized carbons (Fsp3) is 0.406. The average Bonchev–Trinajstić information content (AvgIpc) is 2.83. The van der Waals surface area contributed by atoms with Gasteiger partial charge >= 0.3 is 5.97 Å². The molecule has 5 rings (SSSR count). The number of fused-ring (bicyclic) bond motifs is 1. The normalized spacial score (nSPS) is 12.7. The zero-order valence-corrected chi connectivity index (χ0v) is 24.0. The van der Waals surface area contributed by atoms with E-state index < -0.39 is 11.6 Å². The van der Waals surface area contributed by atoms with E-state index in [1.165, 1.54) is 5.56 Å². The highest BCUT2D eigenvalue weighted by Gasteiger charge is 2.23. The molecular formula is C32H39N3O4. The second-order valence-electron chi connectivity index (χ2n) is 11.7. The number of ether oxygens (including phenoxy) is 1. The first-order valence-corrected chi connectivity index (χ1v) is 13.5. The van der Waals surface area contributed by atoms with Crippen LogP contribution in [0, 0.1) is 12.8 Å². The summed E-state index contributed by atoms with van der Waals surface area (Å²) in [5, 5.41) is 20.2. The van der Waals surface area contributed by atoms with Crippen molar-refractivity contribution in [2.75, 3.05) is 25.1 Å². The molecule has 0 unspecified atom stereocenters. The van der Waals surface area contributed by atoms with E-state index in [0.717, 1.165) is 68.6 Å². The Kier molecular flexibility index (Phi) is 8.12. The molecule has 0 saturated carbocycles. The number of pyridine rings is 2. The summed E-state index contributed by atoms with van der Waals surface area (Å²) in [5.41, 5.74) is 5.93. The Morgan fingerprint density at radius 2 is 1.87 bits per heavy atom. The molecule has 206 valence electrons. The summed E-state index contributed by atoms with van der Waals surface area (Å²) < 4.78 is 5.91. The first kappa shape index (κ1) is 28.3. The maximum absolute atomic E-state index is 11.9. The molecular weight excluding hydrogens is 490 g/mol. The van der Waals surface area contributed by atoms with Gasteiger partial charge in [0, 0.05) is 42.5 Å². The highest BCUT2D eigenvalue weighted by molar-refractivity contribution is 6.08. The van der Waals surface area contributed by atoms with Crippen molar-refractivity contribution < 1.29 is 19.7 Å². The van der Waals surface area contributed by atoms with Gasteiger partial charge in [-0.2, -0.15) is 0 Å². The number of aliphatic hydroxyl groups is 1. The molecule has 2 N–H and O–H groups in total. The van der Waals surface area contributed by atoms with Crippen LogP contribution >= 0.6 is 0 Å². The Labute approximate surface area is 230 Å². The zero-order chi connectivity index (χ0) is 28.5. The van der Waals surface area contributed by atoms with Crippen LogP contribution in [-0.2, 0) is 17.6 Å². The molecule has 0 aliphatic carbocycles. The van der Waals surface area contributed by atoms with Gasteiger partial charge in [0.05, 0.1) is 29.7 Å². The Balaban J connectivity index is 0.000000648. The van der Waals surface area contributed by atoms with Crippen LogP contribution < -0.4 is 9.64 Å². The number of hydrogen-bond acceptors (Lipinski definition) is 6. The van der Waals surface area contributed by atoms with Crippen LogP contribution in [-0.4, -0.2) is 52.0 Å². The van der Waals surface area contributed by atoms with Gasteiger partial charge in [0.1, 0.15) is 11.6 Å². The van der Waals surface area contributed by atoms with Crippen molar-refractivity contribution in [3.05, 3.63) is 59.3 Å². The third kappa shape index (κ3) is 6.48. The predicted molar refractivity (Wildman–Crippen MR) is 158 cm³/mol. The van der Waals surface area contributed by atoms with E-state index in [2.05, 4.69) is 31.9 Å². The smallest absolute Gasteiger partial charge is 0.307 e. The lowest BCUT2D eigenvalue weighted by Crippen LogP contribution is -2.23. The molecule has 7 heteroatoms. The molecule has 39 heavy (non-hydrogen) atoms. The summed E-state index contributed by atoms with van der Waals surface area (Å²) >= 11 is 0. The zero-order valence-electron chi connectivity index (χ0n) is 24.0. The standard InChI is InChI=1S/C28H29N3O3.C4H10O/c1-16(2)15-31(4)24-8-6-19-22(30-24)13-17(3)21(14-25(32)33)27(19)20-5-7-23-26-18(10-12-34-23)9-11-29-28(20)26;1-4(2,3)5/h5-9,11,13,16H,10,12,14-15H2,1-4H3,(H,32,33);5H,1-3H3. The average molecular weight is 530 g/mol. The van der Waals surface area contributed by atoms with Gasteiger partial charge in [0.2, 0.25) is 0 Å². The lowest BCUT2D eigenvalue weighted by atomic mass is 9.88. The first-order valence-electron chi connectivity index (χ1n) is 13.5. The van der Waals surface area contributed by atoms with Crippen LogP contribution in [0.25, 0.3) is 32.9 Å². The Hall–Kier alpha value is -3.71. The largest absolute Gasteiger partial charge is 0.493 e. The summed E-state index contributed by atoms with van der Waals surface area (Å²) in [6.45, 7) is 13.1. The summed E-state index contributed by atoms with van der Waals surface area (Å²) in [6.07, 6.45) is 2.60. The number of carboxylic acids is 1. The molecule has 2 aromatic carbocycles. The van der Waals surface area contributed by atoms with Gasteiger partial charge in [-0.3, -0.25) is 9.78 Å². The number of aromatic nitrogens is 2. The van der Waals surface area contributed by atoms with Gasteiger partial charge in [-0.15, -0.1) is 0 Å². The van der Waals surface area contributed by atoms with Gasteiger partial charge in [-0.25, -0.2) is 4.98 Å². The van der Waals surface area contributed by atoms with E-state index in [1.807, 2.05) is 43.5 Å². The molecule has 0 spiro atoms. The van der Waals surface area contributed by atoms with Gasteiger partial charge in [0.15, 0.2) is 0 Å². The monoisotopic (exact) mass is 529 g/mol. The number of aryl methyl sites for hydroxylation is 1. The molecule has 2 aromatic heterocycles. The van der Waals surface area contributed by atoms with E-state index in [0.29, 0.717) is 12.5 Å². The van der Waals surface area contributed by atoms with E-state index >= 15 is 0 Å². The van der Waals surface area contributed by atoms with E-state index in [9.17, 15) is 9.90 Å². The fourth-order valence-electron chi connectivity index (χ4n) is 5.08. The predicted octanol–water partition coefficient (Wildman–Crippen LogP) is 6.19. The molecule has 1 aliphatic heterocycles. The van der Waals surface area contributed by atoms with Gasteiger partial charge in [-0.1, -0.05) is 13.8 Å². The molecule has 7 nitrogen and oxygen atoms in total. The SMILES string of the molecule is CC(C)(C)O.Cc1cc2nc(N(C)CC(C)C)ccc2c(-c2ccc3c4c(ccnc24)CCO3)c1CC(=O)O. The Bertz CT molecular complexity index is 1510. The number of carbonyl (C=O) groups is 1. The number of carboxylic acid groups (broad SMARTS) is 1. The van der Waals surface area contributed by atoms with Crippen molar-refractivity contribution in [1.82, 2.24) is 9.97 Å². The first-order chi connectivity index (χ1) is 18.3. The van der Waals surface area contributed by atoms with Crippen molar-refractivity contribution >= 4 is 33.6 Å². The summed E-state index contributed by atoms with van der Waals surface area (Å²) in [5.74, 6) is 1.40. The number of benzene rings is 2. The minimum atomic E-state index is -0.857. The highest BCUT2D eigenvalue weighted by Crippen LogP contribution is 2.42. The third-order valence-corrected chi connectivity index (χ3v) is 6.51. The molecule has 1 aliphatic rings. The summed E-state index contributed by atoms with van der Waals surface area (Å²) in [6, 6.07) is 12.1. The second-order valence-corrected chi connectivity index (χ2v) is 11.7. The maximum atomic E-state index is 11.9. The fourth-order valence-corrected chi connectivity index (χ4v) is 5.08. The molecule has 0 atom stereocenters. The van der Waals surface area contributed by atoms with E-state index in [4.69, 9.17) is 19.8 Å². The topological polar surface area (TPSA) is 95.8 Å². The molecule has 0 amide bonds. The molecule has 3 heterocycles. The quantitative estimate of drug-likeness (QED) is 0.307. The van der Waals surface area contributed by atoms with E-state index in [1.54, 1.807) is 20.8 Å². The molecule has 0 bridgehead atoms. The Morgan fingerprint density at radius 1 is 1.15 bits per heavy atom. The lowest BCUT2D eigenvalue weighted by Gasteiger charge is -2.23. The number of nitrogens with zero attached hydrogens (tertiary/aromatic N) is 3. The second kappa shape index (κ2) is 11.2. The summed E-state index contributed by atoms with van der Waals surface area (Å²) in [7, 11) is 2.05. The number of rotatable bonds is 6. The number of aliphatic carboxylic acids is 1. The molecule has 0 fully saturated rings. The molecule has 4 aromatic rings. The van der Waals surface area contributed by atoms with Crippen molar-refractivity contribution in [2.24, 2.45) is 5.92 Å². The van der Waals surface area contributed by atoms with Crippen LogP contribution in [0.3, 0.4) is 0 Å². The molecule has 0 radical (unpaired) electrons. The highest BCUT2D eigenvalue weighted by atomic mass is 16.5. The third-order valence-electron chi connectivity index (χ3n) is 6.51. The van der Waals surface area contributed by atoms with Gasteiger partial charge in [-0.05, 0) is 92.3 Å². The van der Waals surface area contributed by atoms with Crippen LogP contribution in [0.2, 0.25) is 0 Å². The van der Waals surface area contributed by atoms with Crippen LogP contribution in [0.15, 0.2) is 42.6 Å². The van der Waals surface area contributed by atoms with Gasteiger partial charge < -0.3 is 19.8 Å². The number of anilines is 1. The van der Waals surface area contributed by atoms with Crippen LogP contribution in [0.4, 0.5) is 5.82 Å². The van der Waals surface area contributed by atoms with Gasteiger partial charge in [0.25, 0.3) is 0 Å². The minimum absolute atomic E-state index is 0.0639. The molecule has 0 saturated heterocycles. The van der Waals surface area contributed by atoms with Crippen LogP contribution in [0.5, 0.6) is 5.75 Å².